The van der Waals surface area contributed by atoms with Gasteiger partial charge in [0.05, 0.1) is 5.02 Å². The molecule has 2 aromatic carbocycles. The van der Waals surface area contributed by atoms with Crippen LogP contribution >= 0.6 is 11.6 Å². The van der Waals surface area contributed by atoms with Crippen molar-refractivity contribution in [1.29, 1.82) is 0 Å². The average molecular weight is 403 g/mol. The number of rotatable bonds is 8. The molecule has 148 valence electrons. The van der Waals surface area contributed by atoms with Gasteiger partial charge in [0.1, 0.15) is 23.8 Å². The molecule has 0 radical (unpaired) electrons. The lowest BCUT2D eigenvalue weighted by molar-refractivity contribution is 0.306. The number of fused-ring (bicyclic) bond motifs is 1. The Kier molecular flexibility index (Phi) is 6.74. The SMILES string of the molecule is CCCCCCc1c(C)c2cc(Cl)c(OCc3ccc(F)cc3)cc2oc1=O. The van der Waals surface area contributed by atoms with Crippen LogP contribution in [0.5, 0.6) is 5.75 Å². The van der Waals surface area contributed by atoms with Gasteiger partial charge >= 0.3 is 5.63 Å². The average Bonchev–Trinajstić information content (AvgIpc) is 2.68. The topological polar surface area (TPSA) is 39.4 Å². The molecule has 0 aliphatic carbocycles. The van der Waals surface area contributed by atoms with Crippen molar-refractivity contribution in [3.05, 3.63) is 74.3 Å². The first-order chi connectivity index (χ1) is 13.5. The van der Waals surface area contributed by atoms with E-state index in [-0.39, 0.29) is 18.0 Å². The van der Waals surface area contributed by atoms with Gasteiger partial charge in [0.25, 0.3) is 0 Å². The Morgan fingerprint density at radius 3 is 2.57 bits per heavy atom. The summed E-state index contributed by atoms with van der Waals surface area (Å²) in [4.78, 5) is 12.4. The molecule has 3 rings (SSSR count). The maximum absolute atomic E-state index is 13.0. The third kappa shape index (κ3) is 4.74. The number of ether oxygens (including phenoxy) is 1. The van der Waals surface area contributed by atoms with Gasteiger partial charge in [-0.2, -0.15) is 0 Å². The fraction of sp³-hybridized carbons (Fsp3) is 0.348. The number of unbranched alkanes of at least 4 members (excludes halogenated alkanes) is 3. The lowest BCUT2D eigenvalue weighted by Gasteiger charge is -2.12. The first-order valence-corrected chi connectivity index (χ1v) is 10.0. The Labute approximate surface area is 169 Å². The van der Waals surface area contributed by atoms with E-state index >= 15 is 0 Å². The third-order valence-corrected chi connectivity index (χ3v) is 5.22. The Hall–Kier alpha value is -2.33. The van der Waals surface area contributed by atoms with E-state index in [1.165, 1.54) is 18.6 Å². The predicted octanol–water partition coefficient (Wildman–Crippen LogP) is 6.60. The van der Waals surface area contributed by atoms with Gasteiger partial charge < -0.3 is 9.15 Å². The highest BCUT2D eigenvalue weighted by molar-refractivity contribution is 6.32. The molecule has 5 heteroatoms. The highest BCUT2D eigenvalue weighted by Gasteiger charge is 2.14. The first kappa shape index (κ1) is 20.4. The zero-order chi connectivity index (χ0) is 20.1. The highest BCUT2D eigenvalue weighted by atomic mass is 35.5. The minimum absolute atomic E-state index is 0.240. The van der Waals surface area contributed by atoms with Crippen LogP contribution in [-0.2, 0) is 13.0 Å². The second kappa shape index (κ2) is 9.24. The van der Waals surface area contributed by atoms with Crippen LogP contribution in [0.15, 0.2) is 45.6 Å². The maximum atomic E-state index is 13.0. The molecule has 0 N–H and O–H groups in total. The second-order valence-corrected chi connectivity index (χ2v) is 7.40. The summed E-state index contributed by atoms with van der Waals surface area (Å²) in [7, 11) is 0. The van der Waals surface area contributed by atoms with Gasteiger partial charge in [-0.25, -0.2) is 9.18 Å². The molecule has 1 heterocycles. The summed E-state index contributed by atoms with van der Waals surface area (Å²) in [5.74, 6) is 0.131. The van der Waals surface area contributed by atoms with E-state index in [9.17, 15) is 9.18 Å². The molecule has 1 aromatic heterocycles. The number of halogens is 2. The zero-order valence-corrected chi connectivity index (χ0v) is 16.9. The Balaban J connectivity index is 1.84. The summed E-state index contributed by atoms with van der Waals surface area (Å²) in [6.45, 7) is 4.33. The summed E-state index contributed by atoms with van der Waals surface area (Å²) in [6.07, 6.45) is 5.10. The smallest absolute Gasteiger partial charge is 0.339 e. The molecule has 0 saturated carbocycles. The minimum Gasteiger partial charge on any atom is -0.487 e. The standard InChI is InChI=1S/C23H24ClFO3/c1-3-4-5-6-7-18-15(2)19-12-20(24)22(13-21(19)28-23(18)26)27-14-16-8-10-17(25)11-9-16/h8-13H,3-7,14H2,1-2H3. The Bertz CT molecular complexity index is 1010. The number of hydrogen-bond donors (Lipinski definition) is 0. The summed E-state index contributed by atoms with van der Waals surface area (Å²) >= 11 is 6.40. The molecule has 3 aromatic rings. The Morgan fingerprint density at radius 2 is 1.86 bits per heavy atom. The van der Waals surface area contributed by atoms with Crippen LogP contribution < -0.4 is 10.4 Å². The first-order valence-electron chi connectivity index (χ1n) is 9.62. The Morgan fingerprint density at radius 1 is 1.11 bits per heavy atom. The van der Waals surface area contributed by atoms with Crippen molar-refractivity contribution in [1.82, 2.24) is 0 Å². The van der Waals surface area contributed by atoms with E-state index < -0.39 is 0 Å². The van der Waals surface area contributed by atoms with Gasteiger partial charge in [0.2, 0.25) is 0 Å². The van der Waals surface area contributed by atoms with Crippen molar-refractivity contribution in [2.75, 3.05) is 0 Å². The van der Waals surface area contributed by atoms with Gasteiger partial charge in [0.15, 0.2) is 0 Å². The van der Waals surface area contributed by atoms with Crippen LogP contribution in [0.1, 0.15) is 49.3 Å². The van der Waals surface area contributed by atoms with Gasteiger partial charge in [-0.3, -0.25) is 0 Å². The molecular formula is C23H24ClFO3. The molecular weight excluding hydrogens is 379 g/mol. The molecule has 0 spiro atoms. The highest BCUT2D eigenvalue weighted by Crippen LogP contribution is 2.32. The molecule has 0 atom stereocenters. The fourth-order valence-corrected chi connectivity index (χ4v) is 3.48. The molecule has 0 aliphatic rings. The molecule has 0 aliphatic heterocycles. The van der Waals surface area contributed by atoms with Gasteiger partial charge in [-0.05, 0) is 49.1 Å². The summed E-state index contributed by atoms with van der Waals surface area (Å²) in [5, 5.41) is 1.27. The second-order valence-electron chi connectivity index (χ2n) is 7.00. The lowest BCUT2D eigenvalue weighted by Crippen LogP contribution is -2.10. The van der Waals surface area contributed by atoms with Gasteiger partial charge in [-0.1, -0.05) is 49.9 Å². The van der Waals surface area contributed by atoms with Crippen LogP contribution in [0, 0.1) is 12.7 Å². The van der Waals surface area contributed by atoms with Gasteiger partial charge in [0, 0.05) is 17.0 Å². The largest absolute Gasteiger partial charge is 0.487 e. The van der Waals surface area contributed by atoms with E-state index in [0.717, 1.165) is 41.3 Å². The molecule has 3 nitrogen and oxygen atoms in total. The van der Waals surface area contributed by atoms with Crippen molar-refractivity contribution in [3.8, 4) is 5.75 Å². The quantitative estimate of drug-likeness (QED) is 0.315. The summed E-state index contributed by atoms with van der Waals surface area (Å²) < 4.78 is 24.3. The summed E-state index contributed by atoms with van der Waals surface area (Å²) in [5.41, 5.74) is 2.61. The number of benzene rings is 2. The third-order valence-electron chi connectivity index (χ3n) is 4.93. The van der Waals surface area contributed by atoms with Crippen molar-refractivity contribution in [2.24, 2.45) is 0 Å². The normalized spacial score (nSPS) is 11.1. The molecule has 0 saturated heterocycles. The van der Waals surface area contributed by atoms with E-state index in [2.05, 4.69) is 6.92 Å². The van der Waals surface area contributed by atoms with Crippen LogP contribution in [0.2, 0.25) is 5.02 Å². The van der Waals surface area contributed by atoms with E-state index in [4.69, 9.17) is 20.8 Å². The van der Waals surface area contributed by atoms with Gasteiger partial charge in [-0.15, -0.1) is 0 Å². The van der Waals surface area contributed by atoms with E-state index in [1.54, 1.807) is 24.3 Å². The predicted molar refractivity (Wildman–Crippen MR) is 111 cm³/mol. The monoisotopic (exact) mass is 402 g/mol. The molecule has 0 fully saturated rings. The zero-order valence-electron chi connectivity index (χ0n) is 16.2. The number of aryl methyl sites for hydroxylation is 1. The lowest BCUT2D eigenvalue weighted by atomic mass is 10.0. The molecule has 28 heavy (non-hydrogen) atoms. The van der Waals surface area contributed by atoms with Crippen molar-refractivity contribution >= 4 is 22.6 Å². The minimum atomic E-state index is -0.298. The van der Waals surface area contributed by atoms with Crippen LogP contribution in [0.4, 0.5) is 4.39 Å². The van der Waals surface area contributed by atoms with E-state index in [0.29, 0.717) is 22.8 Å². The van der Waals surface area contributed by atoms with Crippen LogP contribution in [0.3, 0.4) is 0 Å². The molecule has 0 bridgehead atoms. The van der Waals surface area contributed by atoms with Crippen LogP contribution in [-0.4, -0.2) is 0 Å². The summed E-state index contributed by atoms with van der Waals surface area (Å²) in [6, 6.07) is 9.50. The molecule has 0 unspecified atom stereocenters. The fourth-order valence-electron chi connectivity index (χ4n) is 3.26. The molecule has 0 amide bonds. The van der Waals surface area contributed by atoms with E-state index in [1.807, 2.05) is 6.92 Å². The number of hydrogen-bond acceptors (Lipinski definition) is 3. The van der Waals surface area contributed by atoms with Crippen LogP contribution in [0.25, 0.3) is 11.0 Å². The van der Waals surface area contributed by atoms with Crippen molar-refractivity contribution in [2.45, 2.75) is 52.6 Å². The van der Waals surface area contributed by atoms with Crippen molar-refractivity contribution < 1.29 is 13.5 Å². The maximum Gasteiger partial charge on any atom is 0.339 e. The van der Waals surface area contributed by atoms with Crippen molar-refractivity contribution in [3.63, 3.8) is 0 Å².